The molecule has 1 aromatic heterocycles. The van der Waals surface area contributed by atoms with Gasteiger partial charge in [-0.15, -0.1) is 0 Å². The van der Waals surface area contributed by atoms with E-state index in [1.165, 1.54) is 13.4 Å². The second kappa shape index (κ2) is 5.95. The molecular weight excluding hydrogens is 194 g/mol. The fourth-order valence-corrected chi connectivity index (χ4v) is 1.23. The van der Waals surface area contributed by atoms with Crippen LogP contribution in [0, 0.1) is 0 Å². The molecule has 0 spiro atoms. The number of hydrogen-bond donors (Lipinski definition) is 0. The predicted octanol–water partition coefficient (Wildman–Crippen LogP) is 0.866. The molecule has 0 unspecified atom stereocenters. The van der Waals surface area contributed by atoms with E-state index in [1.54, 1.807) is 6.20 Å². The Balaban J connectivity index is 2.53. The molecule has 82 valence electrons. The van der Waals surface area contributed by atoms with Crippen LogP contribution in [0.2, 0.25) is 0 Å². The van der Waals surface area contributed by atoms with Gasteiger partial charge in [0.2, 0.25) is 0 Å². The van der Waals surface area contributed by atoms with Crippen molar-refractivity contribution >= 4 is 11.8 Å². The van der Waals surface area contributed by atoms with E-state index in [4.69, 9.17) is 0 Å². The van der Waals surface area contributed by atoms with Crippen molar-refractivity contribution in [1.82, 2.24) is 9.97 Å². The van der Waals surface area contributed by atoms with Crippen LogP contribution < -0.4 is 4.90 Å². The van der Waals surface area contributed by atoms with Gasteiger partial charge in [-0.25, -0.2) is 9.97 Å². The average molecular weight is 209 g/mol. The Hall–Kier alpha value is -1.65. The molecule has 1 heterocycles. The number of aromatic nitrogens is 2. The standard InChI is InChI=1S/C10H15N3O2/c1-3-13(7-5-10(14)15-2)9-4-6-11-8-12-9/h4,6,8H,3,5,7H2,1-2H3. The van der Waals surface area contributed by atoms with Crippen LogP contribution in [-0.2, 0) is 9.53 Å². The summed E-state index contributed by atoms with van der Waals surface area (Å²) in [5.74, 6) is 0.624. The quantitative estimate of drug-likeness (QED) is 0.673. The lowest BCUT2D eigenvalue weighted by atomic mass is 10.3. The minimum absolute atomic E-state index is 0.206. The molecule has 1 rings (SSSR count). The predicted molar refractivity (Wildman–Crippen MR) is 56.6 cm³/mol. The Morgan fingerprint density at radius 2 is 2.40 bits per heavy atom. The maximum Gasteiger partial charge on any atom is 0.307 e. The van der Waals surface area contributed by atoms with Crippen LogP contribution in [0.15, 0.2) is 18.6 Å². The third-order valence-electron chi connectivity index (χ3n) is 2.09. The number of carbonyl (C=O) groups excluding carboxylic acids is 1. The maximum atomic E-state index is 11.0. The van der Waals surface area contributed by atoms with Crippen LogP contribution in [0.3, 0.4) is 0 Å². The summed E-state index contributed by atoms with van der Waals surface area (Å²) in [5, 5.41) is 0. The van der Waals surface area contributed by atoms with E-state index in [-0.39, 0.29) is 5.97 Å². The summed E-state index contributed by atoms with van der Waals surface area (Å²) in [5.41, 5.74) is 0. The number of methoxy groups -OCH3 is 1. The molecule has 5 nitrogen and oxygen atoms in total. The number of hydrogen-bond acceptors (Lipinski definition) is 5. The number of esters is 1. The minimum atomic E-state index is -0.206. The van der Waals surface area contributed by atoms with Crippen LogP contribution in [0.5, 0.6) is 0 Å². The Morgan fingerprint density at radius 3 is 2.93 bits per heavy atom. The fourth-order valence-electron chi connectivity index (χ4n) is 1.23. The van der Waals surface area contributed by atoms with Gasteiger partial charge in [-0.1, -0.05) is 0 Å². The molecule has 0 saturated carbocycles. The molecule has 0 aliphatic carbocycles. The van der Waals surface area contributed by atoms with Crippen LogP contribution in [0.1, 0.15) is 13.3 Å². The van der Waals surface area contributed by atoms with Gasteiger partial charge in [0.15, 0.2) is 0 Å². The van der Waals surface area contributed by atoms with Crippen molar-refractivity contribution in [2.24, 2.45) is 0 Å². The normalized spacial score (nSPS) is 9.73. The SMILES string of the molecule is CCN(CCC(=O)OC)c1ccncn1. The lowest BCUT2D eigenvalue weighted by Crippen LogP contribution is -2.26. The minimum Gasteiger partial charge on any atom is -0.469 e. The van der Waals surface area contributed by atoms with E-state index in [2.05, 4.69) is 14.7 Å². The monoisotopic (exact) mass is 209 g/mol. The molecule has 0 atom stereocenters. The van der Waals surface area contributed by atoms with Gasteiger partial charge in [-0.3, -0.25) is 4.79 Å². The highest BCUT2D eigenvalue weighted by atomic mass is 16.5. The van der Waals surface area contributed by atoms with Crippen molar-refractivity contribution in [3.05, 3.63) is 18.6 Å². The summed E-state index contributed by atoms with van der Waals surface area (Å²) in [4.78, 5) is 20.9. The number of rotatable bonds is 5. The van der Waals surface area contributed by atoms with Gasteiger partial charge < -0.3 is 9.64 Å². The van der Waals surface area contributed by atoms with Crippen molar-refractivity contribution < 1.29 is 9.53 Å². The van der Waals surface area contributed by atoms with Gasteiger partial charge >= 0.3 is 5.97 Å². The van der Waals surface area contributed by atoms with E-state index >= 15 is 0 Å². The average Bonchev–Trinajstić information content (AvgIpc) is 2.31. The van der Waals surface area contributed by atoms with E-state index in [0.29, 0.717) is 13.0 Å². The van der Waals surface area contributed by atoms with E-state index in [9.17, 15) is 4.79 Å². The molecular formula is C10H15N3O2. The van der Waals surface area contributed by atoms with Gasteiger partial charge in [0, 0.05) is 19.3 Å². The molecule has 0 amide bonds. The Labute approximate surface area is 89.1 Å². The molecule has 0 saturated heterocycles. The smallest absolute Gasteiger partial charge is 0.307 e. The Kier molecular flexibility index (Phi) is 4.53. The zero-order chi connectivity index (χ0) is 11.1. The number of ether oxygens (including phenoxy) is 1. The molecule has 15 heavy (non-hydrogen) atoms. The van der Waals surface area contributed by atoms with Crippen LogP contribution in [0.25, 0.3) is 0 Å². The van der Waals surface area contributed by atoms with Gasteiger partial charge in [0.05, 0.1) is 13.5 Å². The van der Waals surface area contributed by atoms with E-state index in [1.807, 2.05) is 17.9 Å². The Bertz CT molecular complexity index is 303. The van der Waals surface area contributed by atoms with Crippen LogP contribution in [0.4, 0.5) is 5.82 Å². The van der Waals surface area contributed by atoms with Crippen molar-refractivity contribution in [1.29, 1.82) is 0 Å². The van der Waals surface area contributed by atoms with Crippen molar-refractivity contribution in [2.75, 3.05) is 25.1 Å². The highest BCUT2D eigenvalue weighted by molar-refractivity contribution is 5.69. The summed E-state index contributed by atoms with van der Waals surface area (Å²) in [6.07, 6.45) is 3.55. The first kappa shape index (κ1) is 11.4. The maximum absolute atomic E-state index is 11.0. The lowest BCUT2D eigenvalue weighted by Gasteiger charge is -2.20. The van der Waals surface area contributed by atoms with Crippen molar-refractivity contribution in [3.63, 3.8) is 0 Å². The summed E-state index contributed by atoms with van der Waals surface area (Å²) in [6, 6.07) is 1.82. The number of carbonyl (C=O) groups is 1. The third kappa shape index (κ3) is 3.53. The number of nitrogens with zero attached hydrogens (tertiary/aromatic N) is 3. The highest BCUT2D eigenvalue weighted by Crippen LogP contribution is 2.08. The second-order valence-corrected chi connectivity index (χ2v) is 2.97. The molecule has 0 N–H and O–H groups in total. The van der Waals surface area contributed by atoms with Crippen molar-refractivity contribution in [3.8, 4) is 0 Å². The van der Waals surface area contributed by atoms with Crippen molar-refractivity contribution in [2.45, 2.75) is 13.3 Å². The second-order valence-electron chi connectivity index (χ2n) is 2.97. The first-order valence-electron chi connectivity index (χ1n) is 4.85. The molecule has 5 heteroatoms. The van der Waals surface area contributed by atoms with Gasteiger partial charge in [-0.05, 0) is 13.0 Å². The van der Waals surface area contributed by atoms with Crippen LogP contribution >= 0.6 is 0 Å². The summed E-state index contributed by atoms with van der Waals surface area (Å²) in [6.45, 7) is 3.42. The highest BCUT2D eigenvalue weighted by Gasteiger charge is 2.07. The van der Waals surface area contributed by atoms with Gasteiger partial charge in [0.1, 0.15) is 12.1 Å². The van der Waals surface area contributed by atoms with Crippen LogP contribution in [-0.4, -0.2) is 36.1 Å². The molecule has 0 aliphatic rings. The van der Waals surface area contributed by atoms with E-state index < -0.39 is 0 Å². The topological polar surface area (TPSA) is 55.3 Å². The molecule has 0 bridgehead atoms. The zero-order valence-electron chi connectivity index (χ0n) is 9.01. The third-order valence-corrected chi connectivity index (χ3v) is 2.09. The largest absolute Gasteiger partial charge is 0.469 e. The first-order valence-corrected chi connectivity index (χ1v) is 4.85. The molecule has 1 aromatic rings. The zero-order valence-corrected chi connectivity index (χ0v) is 9.01. The molecule has 0 aromatic carbocycles. The summed E-state index contributed by atoms with van der Waals surface area (Å²) in [7, 11) is 1.39. The molecule has 0 aliphatic heterocycles. The van der Waals surface area contributed by atoms with Gasteiger partial charge in [-0.2, -0.15) is 0 Å². The molecule has 0 radical (unpaired) electrons. The molecule has 0 fully saturated rings. The Morgan fingerprint density at radius 1 is 1.60 bits per heavy atom. The summed E-state index contributed by atoms with van der Waals surface area (Å²) < 4.78 is 4.58. The van der Waals surface area contributed by atoms with E-state index in [0.717, 1.165) is 12.4 Å². The summed E-state index contributed by atoms with van der Waals surface area (Å²) >= 11 is 0. The first-order chi connectivity index (χ1) is 7.27. The van der Waals surface area contributed by atoms with Gasteiger partial charge in [0.25, 0.3) is 0 Å². The fraction of sp³-hybridized carbons (Fsp3) is 0.500. The lowest BCUT2D eigenvalue weighted by molar-refractivity contribution is -0.140. The number of anilines is 1.